The number of ether oxygens (including phenoxy) is 2. The molecule has 4 rings (SSSR count). The Morgan fingerprint density at radius 2 is 1.74 bits per heavy atom. The van der Waals surface area contributed by atoms with Crippen LogP contribution in [0.5, 0.6) is 11.5 Å². The maximum Gasteiger partial charge on any atom is 0.293 e. The van der Waals surface area contributed by atoms with Gasteiger partial charge in [-0.2, -0.15) is 0 Å². The highest BCUT2D eigenvalue weighted by Gasteiger charge is 2.35. The molecule has 0 N–H and O–H groups in total. The summed E-state index contributed by atoms with van der Waals surface area (Å²) >= 11 is 13.5. The molecule has 0 aromatic heterocycles. The molecule has 2 amide bonds. The Kier molecular flexibility index (Phi) is 8.06. The van der Waals surface area contributed by atoms with E-state index in [1.165, 1.54) is 4.90 Å². The lowest BCUT2D eigenvalue weighted by Crippen LogP contribution is -2.32. The molecular weight excluding hydrogens is 505 g/mol. The van der Waals surface area contributed by atoms with E-state index in [9.17, 15) is 9.59 Å². The zero-order valence-electron chi connectivity index (χ0n) is 19.2. The third-order valence-electron chi connectivity index (χ3n) is 5.34. The molecule has 1 heterocycles. The topological polar surface area (TPSA) is 55.8 Å². The van der Waals surface area contributed by atoms with Crippen molar-refractivity contribution < 1.29 is 19.1 Å². The van der Waals surface area contributed by atoms with Crippen molar-refractivity contribution in [2.24, 2.45) is 0 Å². The molecule has 3 aromatic carbocycles. The first-order valence-electron chi connectivity index (χ1n) is 10.9. The second kappa shape index (κ2) is 11.2. The minimum absolute atomic E-state index is 0.142. The summed E-state index contributed by atoms with van der Waals surface area (Å²) in [5.41, 5.74) is 3.56. The molecule has 0 radical (unpaired) electrons. The van der Waals surface area contributed by atoms with Crippen molar-refractivity contribution in [2.75, 3.05) is 13.2 Å². The van der Waals surface area contributed by atoms with Crippen LogP contribution < -0.4 is 9.47 Å². The van der Waals surface area contributed by atoms with Gasteiger partial charge in [0.05, 0.1) is 16.5 Å². The lowest BCUT2D eigenvalue weighted by molar-refractivity contribution is -0.123. The van der Waals surface area contributed by atoms with E-state index in [0.717, 1.165) is 34.2 Å². The second-order valence-corrected chi connectivity index (χ2v) is 9.87. The monoisotopic (exact) mass is 527 g/mol. The SMILES string of the molecule is Cc1ccc(C)c(OCCN2C(=O)S/C(=C\c3cc(Cl)cc(Cl)c3OCc3ccccc3)C2=O)c1. The highest BCUT2D eigenvalue weighted by atomic mass is 35.5. The van der Waals surface area contributed by atoms with Crippen LogP contribution in [-0.4, -0.2) is 29.2 Å². The average molecular weight is 528 g/mol. The Labute approximate surface area is 218 Å². The van der Waals surface area contributed by atoms with Crippen LogP contribution in [0.2, 0.25) is 10.0 Å². The molecule has 1 fully saturated rings. The number of carbonyl (C=O) groups excluding carboxylic acids is 2. The Bertz CT molecular complexity index is 1290. The van der Waals surface area contributed by atoms with Gasteiger partial charge in [-0.1, -0.05) is 65.7 Å². The van der Waals surface area contributed by atoms with Gasteiger partial charge in [-0.25, -0.2) is 0 Å². The highest BCUT2D eigenvalue weighted by molar-refractivity contribution is 8.18. The molecule has 1 aliphatic heterocycles. The lowest BCUT2D eigenvalue weighted by atomic mass is 10.1. The minimum atomic E-state index is -0.394. The highest BCUT2D eigenvalue weighted by Crippen LogP contribution is 2.38. The first-order chi connectivity index (χ1) is 16.8. The lowest BCUT2D eigenvalue weighted by Gasteiger charge is -2.15. The predicted molar refractivity (Wildman–Crippen MR) is 141 cm³/mol. The molecule has 35 heavy (non-hydrogen) atoms. The van der Waals surface area contributed by atoms with Crippen molar-refractivity contribution in [2.45, 2.75) is 20.5 Å². The Hall–Kier alpha value is -2.93. The molecule has 1 aliphatic rings. The van der Waals surface area contributed by atoms with Gasteiger partial charge in [0.2, 0.25) is 0 Å². The van der Waals surface area contributed by atoms with E-state index in [0.29, 0.717) is 28.0 Å². The maximum atomic E-state index is 13.0. The third kappa shape index (κ3) is 6.20. The molecule has 3 aromatic rings. The van der Waals surface area contributed by atoms with Gasteiger partial charge < -0.3 is 9.47 Å². The Morgan fingerprint density at radius 3 is 2.51 bits per heavy atom. The summed E-state index contributed by atoms with van der Waals surface area (Å²) in [4.78, 5) is 27.0. The van der Waals surface area contributed by atoms with E-state index >= 15 is 0 Å². The smallest absolute Gasteiger partial charge is 0.293 e. The van der Waals surface area contributed by atoms with Crippen molar-refractivity contribution in [3.63, 3.8) is 0 Å². The molecule has 0 bridgehead atoms. The summed E-state index contributed by atoms with van der Waals surface area (Å²) in [5.74, 6) is 0.737. The van der Waals surface area contributed by atoms with Crippen LogP contribution in [0, 0.1) is 13.8 Å². The summed E-state index contributed by atoms with van der Waals surface area (Å²) < 4.78 is 11.8. The molecule has 0 saturated carbocycles. The fourth-order valence-corrected chi connectivity index (χ4v) is 4.93. The van der Waals surface area contributed by atoms with Gasteiger partial charge in [-0.05, 0) is 66.6 Å². The quantitative estimate of drug-likeness (QED) is 0.287. The summed E-state index contributed by atoms with van der Waals surface area (Å²) in [5, 5.41) is 0.362. The van der Waals surface area contributed by atoms with Crippen LogP contribution in [0.25, 0.3) is 6.08 Å². The van der Waals surface area contributed by atoms with E-state index < -0.39 is 5.91 Å². The standard InChI is InChI=1S/C27H23Cl2NO4S/c1-17-8-9-18(2)23(12-17)33-11-10-30-26(31)24(35-27(30)32)14-20-13-21(28)15-22(29)25(20)34-16-19-6-4-3-5-7-19/h3-9,12-15H,10-11,16H2,1-2H3/b24-14-. The zero-order chi connectivity index (χ0) is 24.9. The van der Waals surface area contributed by atoms with E-state index in [2.05, 4.69) is 0 Å². The van der Waals surface area contributed by atoms with Gasteiger partial charge in [-0.3, -0.25) is 14.5 Å². The number of hydrogen-bond acceptors (Lipinski definition) is 5. The summed E-state index contributed by atoms with van der Waals surface area (Å²) in [6, 6.07) is 18.8. The number of imide groups is 1. The van der Waals surface area contributed by atoms with Gasteiger partial charge >= 0.3 is 0 Å². The molecule has 0 unspecified atom stereocenters. The van der Waals surface area contributed by atoms with Crippen LogP contribution in [0.3, 0.4) is 0 Å². The number of amides is 2. The van der Waals surface area contributed by atoms with Gasteiger partial charge in [0.15, 0.2) is 0 Å². The van der Waals surface area contributed by atoms with Gasteiger partial charge in [0.1, 0.15) is 24.7 Å². The van der Waals surface area contributed by atoms with E-state index in [1.807, 2.05) is 62.4 Å². The largest absolute Gasteiger partial charge is 0.491 e. The number of thioether (sulfide) groups is 1. The number of nitrogens with zero attached hydrogens (tertiary/aromatic N) is 1. The van der Waals surface area contributed by atoms with Gasteiger partial charge in [-0.15, -0.1) is 0 Å². The van der Waals surface area contributed by atoms with Crippen LogP contribution >= 0.6 is 35.0 Å². The summed E-state index contributed by atoms with van der Waals surface area (Å²) in [6.07, 6.45) is 1.59. The number of hydrogen-bond donors (Lipinski definition) is 0. The zero-order valence-corrected chi connectivity index (χ0v) is 21.5. The maximum absolute atomic E-state index is 13.0. The summed E-state index contributed by atoms with van der Waals surface area (Å²) in [6.45, 7) is 4.56. The number of carbonyl (C=O) groups is 2. The molecule has 1 saturated heterocycles. The van der Waals surface area contributed by atoms with Crippen LogP contribution in [-0.2, 0) is 11.4 Å². The van der Waals surface area contributed by atoms with Crippen molar-refractivity contribution in [3.8, 4) is 11.5 Å². The molecule has 0 spiro atoms. The number of rotatable bonds is 8. The van der Waals surface area contributed by atoms with Crippen LogP contribution in [0.4, 0.5) is 4.79 Å². The molecule has 0 atom stereocenters. The summed E-state index contributed by atoms with van der Waals surface area (Å²) in [7, 11) is 0. The first-order valence-corrected chi connectivity index (χ1v) is 12.5. The number of halogens is 2. The fourth-order valence-electron chi connectivity index (χ4n) is 3.51. The molecule has 8 heteroatoms. The van der Waals surface area contributed by atoms with Crippen molar-refractivity contribution >= 4 is 52.2 Å². The first kappa shape index (κ1) is 25.2. The fraction of sp³-hybridized carbons (Fsp3) is 0.185. The normalized spacial score (nSPS) is 14.6. The number of aryl methyl sites for hydroxylation is 2. The van der Waals surface area contributed by atoms with Crippen LogP contribution in [0.1, 0.15) is 22.3 Å². The third-order valence-corrected chi connectivity index (χ3v) is 6.75. The van der Waals surface area contributed by atoms with Crippen molar-refractivity contribution in [3.05, 3.63) is 97.9 Å². The van der Waals surface area contributed by atoms with E-state index in [4.69, 9.17) is 32.7 Å². The molecule has 0 aliphatic carbocycles. The van der Waals surface area contributed by atoms with Gasteiger partial charge in [0.25, 0.3) is 11.1 Å². The molecule has 180 valence electrons. The Morgan fingerprint density at radius 1 is 0.971 bits per heavy atom. The second-order valence-electron chi connectivity index (χ2n) is 8.03. The van der Waals surface area contributed by atoms with E-state index in [-0.39, 0.29) is 23.3 Å². The van der Waals surface area contributed by atoms with Crippen LogP contribution in [0.15, 0.2) is 65.6 Å². The van der Waals surface area contributed by atoms with Crippen molar-refractivity contribution in [1.29, 1.82) is 0 Å². The van der Waals surface area contributed by atoms with Gasteiger partial charge in [0, 0.05) is 10.6 Å². The minimum Gasteiger partial charge on any atom is -0.491 e. The average Bonchev–Trinajstić information content (AvgIpc) is 3.08. The Balaban J connectivity index is 1.49. The predicted octanol–water partition coefficient (Wildman–Crippen LogP) is 7.30. The molecule has 5 nitrogen and oxygen atoms in total. The number of benzene rings is 3. The molecular formula is C27H23Cl2NO4S. The van der Waals surface area contributed by atoms with E-state index in [1.54, 1.807) is 18.2 Å². The van der Waals surface area contributed by atoms with Crippen molar-refractivity contribution in [1.82, 2.24) is 4.90 Å².